The van der Waals surface area contributed by atoms with Crippen LogP contribution in [0.1, 0.15) is 5.56 Å². The molecule has 8 nitrogen and oxygen atoms in total. The van der Waals surface area contributed by atoms with Crippen molar-refractivity contribution in [3.63, 3.8) is 0 Å². The molecule has 0 radical (unpaired) electrons. The molecular weight excluding hydrogens is 342 g/mol. The SMILES string of the molecule is NS(=O)(=O)c1ccc(CCNc2cc(N3CCOCC3)ncn2)cc1. The Bertz CT molecular complexity index is 805. The molecule has 25 heavy (non-hydrogen) atoms. The molecule has 0 unspecified atom stereocenters. The first-order chi connectivity index (χ1) is 12.0. The Morgan fingerprint density at radius 3 is 2.56 bits per heavy atom. The monoisotopic (exact) mass is 363 g/mol. The molecule has 0 atom stereocenters. The second-order valence-corrected chi connectivity index (χ2v) is 7.29. The highest BCUT2D eigenvalue weighted by molar-refractivity contribution is 7.89. The highest BCUT2D eigenvalue weighted by Gasteiger charge is 2.13. The van der Waals surface area contributed by atoms with Gasteiger partial charge in [-0.05, 0) is 24.1 Å². The lowest BCUT2D eigenvalue weighted by atomic mass is 10.1. The molecule has 0 spiro atoms. The topological polar surface area (TPSA) is 110 Å². The van der Waals surface area contributed by atoms with E-state index in [9.17, 15) is 8.42 Å². The minimum atomic E-state index is -3.64. The average Bonchev–Trinajstić information content (AvgIpc) is 2.62. The fourth-order valence-corrected chi connectivity index (χ4v) is 3.11. The quantitative estimate of drug-likeness (QED) is 0.774. The first-order valence-electron chi connectivity index (χ1n) is 8.03. The van der Waals surface area contributed by atoms with E-state index in [2.05, 4.69) is 20.2 Å². The van der Waals surface area contributed by atoms with Crippen LogP contribution in [0.15, 0.2) is 41.6 Å². The van der Waals surface area contributed by atoms with Crippen LogP contribution in [0.25, 0.3) is 0 Å². The number of rotatable bonds is 6. The zero-order chi connectivity index (χ0) is 17.7. The highest BCUT2D eigenvalue weighted by Crippen LogP contribution is 2.15. The van der Waals surface area contributed by atoms with Crippen molar-refractivity contribution < 1.29 is 13.2 Å². The summed E-state index contributed by atoms with van der Waals surface area (Å²) in [6.45, 7) is 3.75. The molecule has 1 aromatic carbocycles. The number of primary sulfonamides is 1. The molecule has 0 amide bonds. The number of hydrogen-bond acceptors (Lipinski definition) is 7. The molecule has 0 saturated carbocycles. The number of ether oxygens (including phenoxy) is 1. The van der Waals surface area contributed by atoms with Crippen LogP contribution in [0.5, 0.6) is 0 Å². The van der Waals surface area contributed by atoms with Gasteiger partial charge in [0.05, 0.1) is 18.1 Å². The van der Waals surface area contributed by atoms with E-state index in [1.807, 2.05) is 6.07 Å². The van der Waals surface area contributed by atoms with E-state index in [1.165, 1.54) is 12.1 Å². The van der Waals surface area contributed by atoms with Crippen molar-refractivity contribution in [1.29, 1.82) is 0 Å². The van der Waals surface area contributed by atoms with Crippen molar-refractivity contribution >= 4 is 21.7 Å². The number of hydrogen-bond donors (Lipinski definition) is 2. The summed E-state index contributed by atoms with van der Waals surface area (Å²) in [6, 6.07) is 8.49. The Kier molecular flexibility index (Phi) is 5.47. The van der Waals surface area contributed by atoms with Gasteiger partial charge in [-0.15, -0.1) is 0 Å². The third-order valence-electron chi connectivity index (χ3n) is 3.96. The van der Waals surface area contributed by atoms with E-state index in [0.717, 1.165) is 36.7 Å². The number of aromatic nitrogens is 2. The number of morpholine rings is 1. The largest absolute Gasteiger partial charge is 0.378 e. The predicted molar refractivity (Wildman–Crippen MR) is 95.1 cm³/mol. The molecule has 1 aromatic heterocycles. The molecular formula is C16H21N5O3S. The molecule has 1 aliphatic heterocycles. The summed E-state index contributed by atoms with van der Waals surface area (Å²) in [5, 5.41) is 8.36. The summed E-state index contributed by atoms with van der Waals surface area (Å²) in [5.74, 6) is 1.65. The Morgan fingerprint density at radius 1 is 1.16 bits per heavy atom. The summed E-state index contributed by atoms with van der Waals surface area (Å²) >= 11 is 0. The molecule has 134 valence electrons. The van der Waals surface area contributed by atoms with Gasteiger partial charge >= 0.3 is 0 Å². The third kappa shape index (κ3) is 4.88. The van der Waals surface area contributed by atoms with E-state index in [-0.39, 0.29) is 4.90 Å². The average molecular weight is 363 g/mol. The Morgan fingerprint density at radius 2 is 1.88 bits per heavy atom. The maximum absolute atomic E-state index is 11.2. The van der Waals surface area contributed by atoms with Crippen LogP contribution in [-0.4, -0.2) is 51.2 Å². The van der Waals surface area contributed by atoms with Gasteiger partial charge in [-0.25, -0.2) is 23.5 Å². The van der Waals surface area contributed by atoms with Crippen LogP contribution in [0.3, 0.4) is 0 Å². The van der Waals surface area contributed by atoms with Crippen LogP contribution in [0.2, 0.25) is 0 Å². The van der Waals surface area contributed by atoms with E-state index < -0.39 is 10.0 Å². The second kappa shape index (κ2) is 7.77. The number of sulfonamides is 1. The summed E-state index contributed by atoms with van der Waals surface area (Å²) in [6.07, 6.45) is 2.29. The van der Waals surface area contributed by atoms with Crippen molar-refractivity contribution in [2.24, 2.45) is 5.14 Å². The fourth-order valence-electron chi connectivity index (χ4n) is 2.59. The number of benzene rings is 1. The first-order valence-corrected chi connectivity index (χ1v) is 9.57. The number of nitrogens with zero attached hydrogens (tertiary/aromatic N) is 3. The summed E-state index contributed by atoms with van der Waals surface area (Å²) in [7, 11) is -3.64. The van der Waals surface area contributed by atoms with E-state index in [4.69, 9.17) is 9.88 Å². The van der Waals surface area contributed by atoms with Gasteiger partial charge in [-0.1, -0.05) is 12.1 Å². The van der Waals surface area contributed by atoms with Gasteiger partial charge in [-0.3, -0.25) is 0 Å². The highest BCUT2D eigenvalue weighted by atomic mass is 32.2. The maximum atomic E-state index is 11.2. The Balaban J connectivity index is 1.55. The minimum Gasteiger partial charge on any atom is -0.378 e. The summed E-state index contributed by atoms with van der Waals surface area (Å²) in [4.78, 5) is 10.8. The zero-order valence-corrected chi connectivity index (χ0v) is 14.6. The minimum absolute atomic E-state index is 0.121. The molecule has 1 fully saturated rings. The lowest BCUT2D eigenvalue weighted by Crippen LogP contribution is -2.36. The number of nitrogens with one attached hydrogen (secondary N) is 1. The Labute approximate surface area is 147 Å². The van der Waals surface area contributed by atoms with Gasteiger partial charge < -0.3 is 15.0 Å². The third-order valence-corrected chi connectivity index (χ3v) is 4.89. The van der Waals surface area contributed by atoms with Crippen LogP contribution < -0.4 is 15.4 Å². The predicted octanol–water partition coefficient (Wildman–Crippen LogP) is 0.615. The number of anilines is 2. The summed E-state index contributed by atoms with van der Waals surface area (Å²) in [5.41, 5.74) is 1.02. The molecule has 1 aliphatic rings. The van der Waals surface area contributed by atoms with Crippen molar-refractivity contribution in [3.05, 3.63) is 42.2 Å². The zero-order valence-electron chi connectivity index (χ0n) is 13.8. The van der Waals surface area contributed by atoms with Gasteiger partial charge in [0.1, 0.15) is 18.0 Å². The van der Waals surface area contributed by atoms with Crippen molar-refractivity contribution in [1.82, 2.24) is 9.97 Å². The summed E-state index contributed by atoms with van der Waals surface area (Å²) < 4.78 is 27.8. The van der Waals surface area contributed by atoms with E-state index in [1.54, 1.807) is 18.5 Å². The van der Waals surface area contributed by atoms with Crippen LogP contribution in [0.4, 0.5) is 11.6 Å². The molecule has 0 aliphatic carbocycles. The molecule has 1 saturated heterocycles. The Hall–Kier alpha value is -2.23. The molecule has 0 bridgehead atoms. The molecule has 2 aromatic rings. The van der Waals surface area contributed by atoms with Gasteiger partial charge in [0.15, 0.2) is 0 Å². The van der Waals surface area contributed by atoms with E-state index >= 15 is 0 Å². The van der Waals surface area contributed by atoms with Crippen LogP contribution in [0, 0.1) is 0 Å². The molecule has 3 rings (SSSR count). The van der Waals surface area contributed by atoms with Gasteiger partial charge in [0.25, 0.3) is 0 Å². The van der Waals surface area contributed by atoms with Crippen LogP contribution >= 0.6 is 0 Å². The van der Waals surface area contributed by atoms with Gasteiger partial charge in [-0.2, -0.15) is 0 Å². The van der Waals surface area contributed by atoms with Crippen molar-refractivity contribution in [3.8, 4) is 0 Å². The molecule has 9 heteroatoms. The second-order valence-electron chi connectivity index (χ2n) is 5.73. The number of nitrogens with two attached hydrogens (primary N) is 1. The van der Waals surface area contributed by atoms with Gasteiger partial charge in [0.2, 0.25) is 10.0 Å². The molecule has 3 N–H and O–H groups in total. The molecule has 2 heterocycles. The van der Waals surface area contributed by atoms with Crippen molar-refractivity contribution in [2.75, 3.05) is 43.1 Å². The normalized spacial score (nSPS) is 15.2. The smallest absolute Gasteiger partial charge is 0.238 e. The standard InChI is InChI=1S/C16H21N5O3S/c17-25(22,23)14-3-1-13(2-4-14)5-6-18-15-11-16(20-12-19-15)21-7-9-24-10-8-21/h1-4,11-12H,5-10H2,(H2,17,22,23)(H,18,19,20). The van der Waals surface area contributed by atoms with E-state index in [0.29, 0.717) is 19.8 Å². The van der Waals surface area contributed by atoms with Gasteiger partial charge in [0, 0.05) is 25.7 Å². The first kappa shape index (κ1) is 17.6. The van der Waals surface area contributed by atoms with Crippen LogP contribution in [-0.2, 0) is 21.2 Å². The lowest BCUT2D eigenvalue weighted by molar-refractivity contribution is 0.122. The van der Waals surface area contributed by atoms with Crippen molar-refractivity contribution in [2.45, 2.75) is 11.3 Å². The lowest BCUT2D eigenvalue weighted by Gasteiger charge is -2.27. The fraction of sp³-hybridized carbons (Fsp3) is 0.375. The maximum Gasteiger partial charge on any atom is 0.238 e.